The van der Waals surface area contributed by atoms with Gasteiger partial charge in [0.1, 0.15) is 24.8 Å². The summed E-state index contributed by atoms with van der Waals surface area (Å²) >= 11 is 1.35. The van der Waals surface area contributed by atoms with Crippen molar-refractivity contribution in [3.63, 3.8) is 0 Å². The first-order valence-electron chi connectivity index (χ1n) is 13.1. The van der Waals surface area contributed by atoms with Gasteiger partial charge in [0.2, 0.25) is 11.8 Å². The number of anilines is 1. The van der Waals surface area contributed by atoms with E-state index in [0.717, 1.165) is 49.8 Å². The van der Waals surface area contributed by atoms with E-state index in [1.54, 1.807) is 23.2 Å². The number of carbonyl (C=O) groups excluding carboxylic acids is 2. The van der Waals surface area contributed by atoms with Gasteiger partial charge in [0, 0.05) is 50.9 Å². The number of carbonyl (C=O) groups is 2. The van der Waals surface area contributed by atoms with Crippen LogP contribution in [0.15, 0.2) is 18.2 Å². The molecule has 2 N–H and O–H groups in total. The van der Waals surface area contributed by atoms with Gasteiger partial charge in [-0.1, -0.05) is 6.07 Å². The van der Waals surface area contributed by atoms with E-state index in [0.29, 0.717) is 26.1 Å². The number of morpholine rings is 1. The maximum atomic E-state index is 12.9. The average Bonchev–Trinajstić information content (AvgIpc) is 3.21. The lowest BCUT2D eigenvalue weighted by Gasteiger charge is -2.26. The lowest BCUT2D eigenvalue weighted by atomic mass is 10.1. The van der Waals surface area contributed by atoms with Crippen LogP contribution in [0.3, 0.4) is 0 Å². The molecule has 39 heavy (non-hydrogen) atoms. The zero-order chi connectivity index (χ0) is 28.4. The Morgan fingerprint density at radius 3 is 2.74 bits per heavy atom. The fourth-order valence-corrected chi connectivity index (χ4v) is 6.02. The van der Waals surface area contributed by atoms with Crippen LogP contribution in [0.1, 0.15) is 25.3 Å². The maximum absolute atomic E-state index is 12.9. The number of nitriles is 1. The highest BCUT2D eigenvalue weighted by Crippen LogP contribution is 2.37. The minimum absolute atomic E-state index is 0.0303. The van der Waals surface area contributed by atoms with Crippen LogP contribution in [0.2, 0.25) is 0 Å². The molecule has 2 amide bonds. The molecule has 3 rings (SSSR count). The van der Waals surface area contributed by atoms with E-state index in [1.165, 1.54) is 11.8 Å². The molecule has 2 fully saturated rings. The topological polar surface area (TPSA) is 107 Å². The van der Waals surface area contributed by atoms with Gasteiger partial charge >= 0.3 is 6.18 Å². The smallest absolute Gasteiger partial charge is 0.405 e. The Bertz CT molecular complexity index is 1020. The number of rotatable bonds is 13. The number of ether oxygens (including phenoxy) is 2. The highest BCUT2D eigenvalue weighted by molar-refractivity contribution is 8.01. The molecular weight excluding hydrogens is 535 g/mol. The van der Waals surface area contributed by atoms with Gasteiger partial charge in [-0.25, -0.2) is 0 Å². The molecule has 2 aliphatic heterocycles. The number of benzene rings is 1. The Hall–Kier alpha value is -2.69. The van der Waals surface area contributed by atoms with Crippen molar-refractivity contribution in [2.75, 3.05) is 64.4 Å². The van der Waals surface area contributed by atoms with Crippen molar-refractivity contribution in [3.05, 3.63) is 23.8 Å². The average molecular weight is 572 g/mol. The number of aryl methyl sites for hydroxylation is 1. The summed E-state index contributed by atoms with van der Waals surface area (Å²) in [5.41, 5.74) is 1.89. The Morgan fingerprint density at radius 1 is 1.33 bits per heavy atom. The second kappa shape index (κ2) is 14.6. The Kier molecular flexibility index (Phi) is 11.6. The quantitative estimate of drug-likeness (QED) is 0.372. The summed E-state index contributed by atoms with van der Waals surface area (Å²) in [4.78, 5) is 29.0. The number of nitrogens with one attached hydrogen (secondary N) is 2. The van der Waals surface area contributed by atoms with Gasteiger partial charge < -0.3 is 25.0 Å². The van der Waals surface area contributed by atoms with Crippen molar-refractivity contribution >= 4 is 29.3 Å². The molecule has 0 aromatic heterocycles. The van der Waals surface area contributed by atoms with E-state index in [9.17, 15) is 28.0 Å². The fourth-order valence-electron chi connectivity index (χ4n) is 4.44. The molecule has 1 aromatic rings. The second-order valence-corrected chi connectivity index (χ2v) is 10.8. The summed E-state index contributed by atoms with van der Waals surface area (Å²) in [6.07, 6.45) is -4.08. The molecule has 0 aliphatic carbocycles. The molecule has 3 atom stereocenters. The minimum atomic E-state index is -4.56. The first-order valence-corrected chi connectivity index (χ1v) is 14.0. The summed E-state index contributed by atoms with van der Waals surface area (Å²) in [7, 11) is 0. The first kappa shape index (κ1) is 30.8. The lowest BCUT2D eigenvalue weighted by molar-refractivity contribution is -0.140. The predicted octanol–water partition coefficient (Wildman–Crippen LogP) is 3.01. The van der Waals surface area contributed by atoms with Crippen LogP contribution in [-0.4, -0.2) is 97.5 Å². The molecule has 0 saturated carbocycles. The van der Waals surface area contributed by atoms with Crippen LogP contribution in [0.5, 0.6) is 5.75 Å². The molecule has 0 radical (unpaired) electrons. The van der Waals surface area contributed by atoms with Crippen molar-refractivity contribution in [1.29, 1.82) is 5.26 Å². The van der Waals surface area contributed by atoms with Gasteiger partial charge in [0.15, 0.2) is 0 Å². The molecule has 2 aliphatic rings. The maximum Gasteiger partial charge on any atom is 0.405 e. The monoisotopic (exact) mass is 571 g/mol. The molecule has 3 unspecified atom stereocenters. The van der Waals surface area contributed by atoms with Crippen LogP contribution in [0.4, 0.5) is 18.9 Å². The van der Waals surface area contributed by atoms with E-state index in [2.05, 4.69) is 10.2 Å². The molecule has 1 aromatic carbocycles. The molecule has 2 heterocycles. The van der Waals surface area contributed by atoms with Crippen LogP contribution >= 0.6 is 11.8 Å². The van der Waals surface area contributed by atoms with E-state index in [1.807, 2.05) is 25.1 Å². The third-order valence-electron chi connectivity index (χ3n) is 6.63. The van der Waals surface area contributed by atoms with Gasteiger partial charge in [-0.05, 0) is 31.9 Å². The molecular formula is C26H36F3N5O4S. The van der Waals surface area contributed by atoms with E-state index >= 15 is 0 Å². The largest absolute Gasteiger partial charge is 0.492 e. The molecule has 13 heteroatoms. The van der Waals surface area contributed by atoms with Crippen LogP contribution < -0.4 is 15.4 Å². The number of nitrogens with zero attached hydrogens (tertiary/aromatic N) is 3. The van der Waals surface area contributed by atoms with Gasteiger partial charge in [-0.15, -0.1) is 11.8 Å². The zero-order valence-electron chi connectivity index (χ0n) is 22.3. The van der Waals surface area contributed by atoms with E-state index in [-0.39, 0.29) is 17.6 Å². The number of amides is 2. The highest BCUT2D eigenvalue weighted by atomic mass is 32.2. The molecule has 216 valence electrons. The van der Waals surface area contributed by atoms with Crippen molar-refractivity contribution < 1.29 is 32.2 Å². The summed E-state index contributed by atoms with van der Waals surface area (Å²) in [5, 5.41) is 13.6. The number of thioether (sulfide) groups is 1. The Labute approximate surface area is 231 Å². The summed E-state index contributed by atoms with van der Waals surface area (Å²) in [5.74, 6) is -1.56. The molecule has 0 spiro atoms. The Balaban J connectivity index is 1.48. The van der Waals surface area contributed by atoms with Gasteiger partial charge in [-0.3, -0.25) is 14.5 Å². The van der Waals surface area contributed by atoms with Crippen LogP contribution in [0, 0.1) is 24.2 Å². The summed E-state index contributed by atoms with van der Waals surface area (Å²) in [6.45, 7) is 7.87. The SMILES string of the molecule is CCN1C(=O)C(CCNc2ccc(C)c(OCCN3CCOCC3)c2)SC1CC(C#N)C(=O)NCC(F)(F)F. The molecule has 9 nitrogen and oxygen atoms in total. The molecule has 0 bridgehead atoms. The van der Waals surface area contributed by atoms with E-state index < -0.39 is 29.9 Å². The van der Waals surface area contributed by atoms with Gasteiger partial charge in [-0.2, -0.15) is 18.4 Å². The van der Waals surface area contributed by atoms with Crippen molar-refractivity contribution in [1.82, 2.24) is 15.1 Å². The minimum Gasteiger partial charge on any atom is -0.492 e. The van der Waals surface area contributed by atoms with Crippen LogP contribution in [-0.2, 0) is 14.3 Å². The number of alkyl halides is 3. The summed E-state index contributed by atoms with van der Waals surface area (Å²) < 4.78 is 48.7. The number of hydrogen-bond acceptors (Lipinski definition) is 8. The van der Waals surface area contributed by atoms with E-state index in [4.69, 9.17) is 9.47 Å². The van der Waals surface area contributed by atoms with Gasteiger partial charge in [0.25, 0.3) is 0 Å². The normalized spacial score (nSPS) is 20.9. The van der Waals surface area contributed by atoms with Crippen molar-refractivity contribution in [2.24, 2.45) is 5.92 Å². The number of halogens is 3. The van der Waals surface area contributed by atoms with Crippen molar-refractivity contribution in [2.45, 2.75) is 43.5 Å². The third-order valence-corrected chi connectivity index (χ3v) is 8.16. The highest BCUT2D eigenvalue weighted by Gasteiger charge is 2.41. The van der Waals surface area contributed by atoms with Crippen LogP contribution in [0.25, 0.3) is 0 Å². The predicted molar refractivity (Wildman–Crippen MR) is 142 cm³/mol. The third kappa shape index (κ3) is 9.47. The first-order chi connectivity index (χ1) is 18.6. The summed E-state index contributed by atoms with van der Waals surface area (Å²) in [6, 6.07) is 7.65. The van der Waals surface area contributed by atoms with Crippen molar-refractivity contribution in [3.8, 4) is 11.8 Å². The number of hydrogen-bond donors (Lipinski definition) is 2. The Morgan fingerprint density at radius 2 is 2.08 bits per heavy atom. The zero-order valence-corrected chi connectivity index (χ0v) is 23.1. The second-order valence-electron chi connectivity index (χ2n) is 9.45. The standard InChI is InChI=1S/C26H36F3N5O4S/c1-3-34-23(14-19(16-30)24(35)32-17-26(27,28)29)39-22(25(34)36)6-7-31-20-5-4-18(2)21(15-20)38-13-10-33-8-11-37-12-9-33/h4-5,15,19,22-23,31H,3,6-14,17H2,1-2H3,(H,32,35). The molecule has 2 saturated heterocycles. The lowest BCUT2D eigenvalue weighted by Crippen LogP contribution is -2.40. The fraction of sp³-hybridized carbons (Fsp3) is 0.654. The van der Waals surface area contributed by atoms with Gasteiger partial charge in [0.05, 0.1) is 29.9 Å².